The monoisotopic (exact) mass is 316 g/mol. The van der Waals surface area contributed by atoms with E-state index in [1.807, 2.05) is 0 Å². The lowest BCUT2D eigenvalue weighted by atomic mass is 10.1. The summed E-state index contributed by atoms with van der Waals surface area (Å²) in [5, 5.41) is 16.7. The Morgan fingerprint density at radius 3 is 2.25 bits per heavy atom. The highest BCUT2D eigenvalue weighted by Crippen LogP contribution is 2.35. The molecule has 0 saturated carbocycles. The molecule has 0 radical (unpaired) electrons. The summed E-state index contributed by atoms with van der Waals surface area (Å²) < 4.78 is 13.7. The molecule has 10 nitrogen and oxygen atoms in total. The van der Waals surface area contributed by atoms with Crippen molar-refractivity contribution in [1.29, 1.82) is 0 Å². The van der Waals surface area contributed by atoms with Crippen LogP contribution in [-0.4, -0.2) is 57.6 Å². The molecule has 0 aliphatic carbocycles. The van der Waals surface area contributed by atoms with E-state index in [4.69, 9.17) is 31.5 Å². The Morgan fingerprint density at radius 1 is 1.35 bits per heavy atom. The van der Waals surface area contributed by atoms with Gasteiger partial charge in [-0.25, -0.2) is 4.57 Å². The molecule has 0 rings (SSSR count). The fourth-order valence-electron chi connectivity index (χ4n) is 0.845. The van der Waals surface area contributed by atoms with Crippen molar-refractivity contribution in [2.24, 2.45) is 11.5 Å². The van der Waals surface area contributed by atoms with Crippen LogP contribution in [0, 0.1) is 0 Å². The summed E-state index contributed by atoms with van der Waals surface area (Å²) in [4.78, 5) is 35.8. The third-order valence-corrected chi connectivity index (χ3v) is 2.34. The van der Waals surface area contributed by atoms with Gasteiger partial charge in [-0.1, -0.05) is 6.42 Å². The molecule has 0 bridgehead atoms. The zero-order valence-corrected chi connectivity index (χ0v) is 11.7. The Kier molecular flexibility index (Phi) is 12.8. The second-order valence-corrected chi connectivity index (χ2v) is 4.96. The fourth-order valence-corrected chi connectivity index (χ4v) is 1.19. The maximum absolute atomic E-state index is 10.1. The highest BCUT2D eigenvalue weighted by Gasteiger charge is 2.15. The minimum absolute atomic E-state index is 0.121. The van der Waals surface area contributed by atoms with Gasteiger partial charge in [0.2, 0.25) is 0 Å². The summed E-state index contributed by atoms with van der Waals surface area (Å²) in [5.74, 6) is -0.933. The summed E-state index contributed by atoms with van der Waals surface area (Å²) in [6.07, 6.45) is 0.806. The fraction of sp³-hybridized carbons (Fsp3) is 0.778. The third kappa shape index (κ3) is 17.1. The van der Waals surface area contributed by atoms with Crippen LogP contribution in [0.5, 0.6) is 0 Å². The molecule has 0 aromatic carbocycles. The summed E-state index contributed by atoms with van der Waals surface area (Å²) in [5.41, 5.74) is 10.4. The van der Waals surface area contributed by atoms with Crippen LogP contribution in [0.2, 0.25) is 0 Å². The number of aliphatic carboxylic acids is 1. The molecule has 0 spiro atoms. The van der Waals surface area contributed by atoms with Crippen molar-refractivity contribution in [3.05, 3.63) is 0 Å². The number of hydrogen-bond acceptors (Lipinski definition) is 7. The van der Waals surface area contributed by atoms with E-state index in [2.05, 4.69) is 4.52 Å². The van der Waals surface area contributed by atoms with Crippen molar-refractivity contribution in [2.75, 3.05) is 13.2 Å². The van der Waals surface area contributed by atoms with E-state index in [9.17, 15) is 14.2 Å². The standard InChI is InChI=1S/C6H14N2O2.C3H7O6P/c7-4-2-1-3-5(8)6(9)10;4-1-3(5)2-9-10(6,7)8/h5H,1-4,7-8H2,(H,9,10);1,3,5H,2H2,(H2,6,7,8). The van der Waals surface area contributed by atoms with Crippen LogP contribution in [0.3, 0.4) is 0 Å². The normalized spacial score (nSPS) is 13.8. The number of carboxylic acids is 1. The number of aliphatic hydroxyl groups is 1. The Morgan fingerprint density at radius 2 is 1.90 bits per heavy atom. The molecule has 11 heteroatoms. The van der Waals surface area contributed by atoms with E-state index in [1.165, 1.54) is 0 Å². The van der Waals surface area contributed by atoms with Crippen molar-refractivity contribution in [3.8, 4) is 0 Å². The van der Waals surface area contributed by atoms with Crippen molar-refractivity contribution in [3.63, 3.8) is 0 Å². The number of aldehydes is 1. The van der Waals surface area contributed by atoms with Crippen molar-refractivity contribution >= 4 is 20.1 Å². The quantitative estimate of drug-likeness (QED) is 0.160. The Hall–Kier alpha value is -0.870. The summed E-state index contributed by atoms with van der Waals surface area (Å²) >= 11 is 0. The maximum atomic E-state index is 10.1. The van der Waals surface area contributed by atoms with E-state index in [1.54, 1.807) is 0 Å². The van der Waals surface area contributed by atoms with E-state index in [0.717, 1.165) is 12.8 Å². The molecule has 0 heterocycles. The molecule has 0 fully saturated rings. The Balaban J connectivity index is 0. The smallest absolute Gasteiger partial charge is 0.469 e. The lowest BCUT2D eigenvalue weighted by Gasteiger charge is -2.04. The summed E-state index contributed by atoms with van der Waals surface area (Å²) in [6, 6.07) is -0.716. The molecule has 0 aromatic rings. The first-order valence-corrected chi connectivity index (χ1v) is 7.19. The average Bonchev–Trinajstić information content (AvgIpc) is 2.35. The largest absolute Gasteiger partial charge is 0.480 e. The number of carbonyl (C=O) groups excluding carboxylic acids is 1. The van der Waals surface area contributed by atoms with Gasteiger partial charge in [-0.05, 0) is 19.4 Å². The topological polar surface area (TPSA) is 193 Å². The highest BCUT2D eigenvalue weighted by atomic mass is 31.2. The Bertz CT molecular complexity index is 321. The number of hydrogen-bond donors (Lipinski definition) is 6. The summed E-state index contributed by atoms with van der Waals surface area (Å²) in [6.45, 7) is -0.0832. The average molecular weight is 316 g/mol. The number of rotatable bonds is 9. The first-order chi connectivity index (χ1) is 9.14. The number of aliphatic hydroxyl groups excluding tert-OH is 1. The van der Waals surface area contributed by atoms with E-state index in [-0.39, 0.29) is 6.29 Å². The molecule has 2 unspecified atom stereocenters. The van der Waals surface area contributed by atoms with Gasteiger partial charge in [0.15, 0.2) is 6.29 Å². The van der Waals surface area contributed by atoms with Crippen LogP contribution in [0.15, 0.2) is 0 Å². The van der Waals surface area contributed by atoms with Crippen LogP contribution < -0.4 is 11.5 Å². The maximum Gasteiger partial charge on any atom is 0.469 e. The molecule has 0 aliphatic heterocycles. The first-order valence-electron chi connectivity index (χ1n) is 5.66. The number of phosphoric ester groups is 1. The van der Waals surface area contributed by atoms with E-state index in [0.29, 0.717) is 13.0 Å². The second-order valence-electron chi connectivity index (χ2n) is 3.72. The predicted octanol–water partition coefficient (Wildman–Crippen LogP) is -1.82. The molecule has 0 aromatic heterocycles. The van der Waals surface area contributed by atoms with Crippen molar-refractivity contribution < 1.29 is 38.7 Å². The first kappa shape index (κ1) is 21.4. The molecule has 20 heavy (non-hydrogen) atoms. The number of carbonyl (C=O) groups is 2. The van der Waals surface area contributed by atoms with Gasteiger partial charge in [0, 0.05) is 0 Å². The van der Waals surface area contributed by atoms with Gasteiger partial charge >= 0.3 is 13.8 Å². The minimum Gasteiger partial charge on any atom is -0.480 e. The third-order valence-electron chi connectivity index (χ3n) is 1.86. The van der Waals surface area contributed by atoms with Crippen LogP contribution in [0.25, 0.3) is 0 Å². The lowest BCUT2D eigenvalue weighted by molar-refractivity contribution is -0.138. The zero-order chi connectivity index (χ0) is 16.2. The SMILES string of the molecule is NCCCCC(N)C(=O)O.O=CC(O)COP(=O)(O)O. The number of unbranched alkanes of at least 4 members (excludes halogenated alkanes) is 1. The molecule has 120 valence electrons. The molecule has 0 aliphatic rings. The summed E-state index contributed by atoms with van der Waals surface area (Å²) in [7, 11) is -4.55. The van der Waals surface area contributed by atoms with E-state index >= 15 is 0 Å². The van der Waals surface area contributed by atoms with Gasteiger partial charge in [-0.15, -0.1) is 0 Å². The van der Waals surface area contributed by atoms with Gasteiger partial charge in [0.25, 0.3) is 0 Å². The molecule has 8 N–H and O–H groups in total. The molecule has 2 atom stereocenters. The molecular formula is C9H21N2O8P. The van der Waals surface area contributed by atoms with Crippen LogP contribution in [0.1, 0.15) is 19.3 Å². The van der Waals surface area contributed by atoms with E-state index < -0.39 is 32.5 Å². The number of carboxylic acid groups (broad SMARTS) is 1. The van der Waals surface area contributed by atoms with Gasteiger partial charge < -0.3 is 36.3 Å². The van der Waals surface area contributed by atoms with Gasteiger partial charge in [-0.3, -0.25) is 9.32 Å². The zero-order valence-electron chi connectivity index (χ0n) is 10.8. The highest BCUT2D eigenvalue weighted by molar-refractivity contribution is 7.46. The molecule has 0 saturated heterocycles. The van der Waals surface area contributed by atoms with Crippen LogP contribution in [0.4, 0.5) is 0 Å². The van der Waals surface area contributed by atoms with Gasteiger partial charge in [0.05, 0.1) is 6.61 Å². The second kappa shape index (κ2) is 11.9. The number of phosphoric acid groups is 1. The van der Waals surface area contributed by atoms with Crippen molar-refractivity contribution in [1.82, 2.24) is 0 Å². The lowest BCUT2D eigenvalue weighted by Crippen LogP contribution is -2.29. The molecular weight excluding hydrogens is 295 g/mol. The number of nitrogens with two attached hydrogens (primary N) is 2. The van der Waals surface area contributed by atoms with Crippen LogP contribution in [-0.2, 0) is 18.7 Å². The predicted molar refractivity (Wildman–Crippen MR) is 68.6 cm³/mol. The Labute approximate surface area is 116 Å². The van der Waals surface area contributed by atoms with Gasteiger partial charge in [0.1, 0.15) is 12.1 Å². The van der Waals surface area contributed by atoms with Gasteiger partial charge in [-0.2, -0.15) is 0 Å². The molecule has 0 amide bonds. The minimum atomic E-state index is -4.55. The van der Waals surface area contributed by atoms with Crippen molar-refractivity contribution in [2.45, 2.75) is 31.4 Å². The van der Waals surface area contributed by atoms with Crippen LogP contribution >= 0.6 is 7.82 Å².